The molecule has 20 heavy (non-hydrogen) atoms. The van der Waals surface area contributed by atoms with Crippen LogP contribution in [0.25, 0.3) is 11.0 Å². The van der Waals surface area contributed by atoms with Crippen LogP contribution in [0.15, 0.2) is 18.2 Å². The minimum atomic E-state index is -0.448. The highest BCUT2D eigenvalue weighted by atomic mass is 16.6. The minimum Gasteiger partial charge on any atom is -0.395 e. The molecule has 8 nitrogen and oxygen atoms in total. The van der Waals surface area contributed by atoms with E-state index in [-0.39, 0.29) is 12.3 Å². The van der Waals surface area contributed by atoms with Crippen molar-refractivity contribution in [3.05, 3.63) is 28.3 Å². The van der Waals surface area contributed by atoms with Gasteiger partial charge in [0.1, 0.15) is 0 Å². The van der Waals surface area contributed by atoms with Crippen LogP contribution in [0.5, 0.6) is 0 Å². The second-order valence-corrected chi connectivity index (χ2v) is 4.22. The Morgan fingerprint density at radius 3 is 2.95 bits per heavy atom. The molecule has 0 bridgehead atoms. The highest BCUT2D eigenvalue weighted by molar-refractivity contribution is 5.80. The zero-order valence-electron chi connectivity index (χ0n) is 11.1. The first-order chi connectivity index (χ1) is 9.65. The maximum absolute atomic E-state index is 10.7. The molecule has 8 heteroatoms. The van der Waals surface area contributed by atoms with Crippen molar-refractivity contribution in [1.82, 2.24) is 9.97 Å². The van der Waals surface area contributed by atoms with Gasteiger partial charge in [-0.25, -0.2) is 4.98 Å². The molecule has 1 heterocycles. The summed E-state index contributed by atoms with van der Waals surface area (Å²) >= 11 is 0. The normalized spacial score (nSPS) is 10.9. The molecule has 108 valence electrons. The Labute approximate surface area is 115 Å². The Kier molecular flexibility index (Phi) is 4.49. The Bertz CT molecular complexity index is 598. The molecule has 0 amide bonds. The molecular formula is C12H16N4O4. The topological polar surface area (TPSA) is 105 Å². The maximum Gasteiger partial charge on any atom is 0.271 e. The molecule has 0 fully saturated rings. The van der Waals surface area contributed by atoms with Gasteiger partial charge in [0.05, 0.1) is 29.2 Å². The van der Waals surface area contributed by atoms with E-state index in [4.69, 9.17) is 9.84 Å². The SMILES string of the molecule is COCCN(CCO)c1nc2ccc([N+](=O)[O-])cc2[nH]1. The van der Waals surface area contributed by atoms with Gasteiger partial charge in [0.15, 0.2) is 0 Å². The highest BCUT2D eigenvalue weighted by Gasteiger charge is 2.13. The fraction of sp³-hybridized carbons (Fsp3) is 0.417. The van der Waals surface area contributed by atoms with Gasteiger partial charge in [0.25, 0.3) is 5.69 Å². The summed E-state index contributed by atoms with van der Waals surface area (Å²) in [5, 5.41) is 19.8. The van der Waals surface area contributed by atoms with E-state index in [1.807, 2.05) is 4.90 Å². The number of H-pyrrole nitrogens is 1. The third-order valence-corrected chi connectivity index (χ3v) is 2.90. The number of benzene rings is 1. The Hall–Kier alpha value is -2.19. The number of nitrogens with zero attached hydrogens (tertiary/aromatic N) is 3. The average molecular weight is 280 g/mol. The van der Waals surface area contributed by atoms with Crippen LogP contribution in [0.4, 0.5) is 11.6 Å². The highest BCUT2D eigenvalue weighted by Crippen LogP contribution is 2.22. The quantitative estimate of drug-likeness (QED) is 0.577. The first kappa shape index (κ1) is 14.2. The molecule has 0 saturated carbocycles. The number of aliphatic hydroxyl groups is 1. The fourth-order valence-corrected chi connectivity index (χ4v) is 1.89. The predicted octanol–water partition coefficient (Wildman–Crippen LogP) is 0.916. The minimum absolute atomic E-state index is 0.0123. The molecule has 2 rings (SSSR count). The summed E-state index contributed by atoms with van der Waals surface area (Å²) in [7, 11) is 1.60. The molecule has 0 radical (unpaired) electrons. The van der Waals surface area contributed by atoms with Crippen LogP contribution in [0.3, 0.4) is 0 Å². The van der Waals surface area contributed by atoms with Crippen molar-refractivity contribution in [3.8, 4) is 0 Å². The largest absolute Gasteiger partial charge is 0.395 e. The smallest absolute Gasteiger partial charge is 0.271 e. The first-order valence-corrected chi connectivity index (χ1v) is 6.14. The predicted molar refractivity (Wildman–Crippen MR) is 73.9 cm³/mol. The zero-order chi connectivity index (χ0) is 14.5. The molecule has 0 saturated heterocycles. The van der Waals surface area contributed by atoms with Crippen molar-refractivity contribution in [1.29, 1.82) is 0 Å². The zero-order valence-corrected chi connectivity index (χ0v) is 11.1. The van der Waals surface area contributed by atoms with E-state index < -0.39 is 4.92 Å². The van der Waals surface area contributed by atoms with Gasteiger partial charge in [0.2, 0.25) is 5.95 Å². The summed E-state index contributed by atoms with van der Waals surface area (Å²) in [5.74, 6) is 0.562. The summed E-state index contributed by atoms with van der Waals surface area (Å²) in [6.07, 6.45) is 0. The second-order valence-electron chi connectivity index (χ2n) is 4.22. The molecule has 1 aromatic heterocycles. The van der Waals surface area contributed by atoms with E-state index in [1.54, 1.807) is 13.2 Å². The number of hydrogen-bond donors (Lipinski definition) is 2. The molecule has 2 N–H and O–H groups in total. The van der Waals surface area contributed by atoms with Gasteiger partial charge in [-0.15, -0.1) is 0 Å². The van der Waals surface area contributed by atoms with Crippen molar-refractivity contribution < 1.29 is 14.8 Å². The number of anilines is 1. The van der Waals surface area contributed by atoms with Gasteiger partial charge >= 0.3 is 0 Å². The van der Waals surface area contributed by atoms with Gasteiger partial charge in [-0.1, -0.05) is 0 Å². The van der Waals surface area contributed by atoms with Crippen LogP contribution >= 0.6 is 0 Å². The average Bonchev–Trinajstić information content (AvgIpc) is 2.85. The summed E-state index contributed by atoms with van der Waals surface area (Å²) in [6.45, 7) is 1.46. The molecule has 2 aromatic rings. The first-order valence-electron chi connectivity index (χ1n) is 6.14. The van der Waals surface area contributed by atoms with Gasteiger partial charge in [-0.3, -0.25) is 10.1 Å². The van der Waals surface area contributed by atoms with Crippen LogP contribution in [-0.2, 0) is 4.74 Å². The number of non-ortho nitro benzene ring substituents is 1. The summed E-state index contributed by atoms with van der Waals surface area (Å²) in [6, 6.07) is 4.46. The van der Waals surface area contributed by atoms with E-state index in [2.05, 4.69) is 9.97 Å². The molecular weight excluding hydrogens is 264 g/mol. The van der Waals surface area contributed by atoms with E-state index in [1.165, 1.54) is 12.1 Å². The standard InChI is InChI=1S/C12H16N4O4/c1-20-7-5-15(4-6-17)12-13-10-3-2-9(16(18)19)8-11(10)14-12/h2-3,8,17H,4-7H2,1H3,(H,13,14). The van der Waals surface area contributed by atoms with E-state index in [9.17, 15) is 10.1 Å². The molecule has 0 atom stereocenters. The third-order valence-electron chi connectivity index (χ3n) is 2.90. The lowest BCUT2D eigenvalue weighted by Gasteiger charge is -2.19. The monoisotopic (exact) mass is 280 g/mol. The summed E-state index contributed by atoms with van der Waals surface area (Å²) in [5.41, 5.74) is 1.25. The number of aromatic nitrogens is 2. The van der Waals surface area contributed by atoms with E-state index in [0.29, 0.717) is 36.7 Å². The van der Waals surface area contributed by atoms with Gasteiger partial charge in [-0.05, 0) is 6.07 Å². The van der Waals surface area contributed by atoms with E-state index in [0.717, 1.165) is 0 Å². The Balaban J connectivity index is 2.30. The fourth-order valence-electron chi connectivity index (χ4n) is 1.89. The number of nitrogens with one attached hydrogen (secondary N) is 1. The van der Waals surface area contributed by atoms with Crippen LogP contribution in [-0.4, -0.2) is 53.4 Å². The number of fused-ring (bicyclic) bond motifs is 1. The van der Waals surface area contributed by atoms with E-state index >= 15 is 0 Å². The number of nitro groups is 1. The number of methoxy groups -OCH3 is 1. The van der Waals surface area contributed by atoms with Crippen molar-refractivity contribution in [2.24, 2.45) is 0 Å². The third kappa shape index (κ3) is 3.03. The number of nitro benzene ring substituents is 1. The van der Waals surface area contributed by atoms with Crippen LogP contribution in [0.2, 0.25) is 0 Å². The second kappa shape index (κ2) is 6.31. The Morgan fingerprint density at radius 1 is 1.50 bits per heavy atom. The molecule has 1 aromatic carbocycles. The molecule has 0 spiro atoms. The number of ether oxygens (including phenoxy) is 1. The summed E-state index contributed by atoms with van der Waals surface area (Å²) < 4.78 is 5.01. The van der Waals surface area contributed by atoms with Crippen molar-refractivity contribution in [2.75, 3.05) is 38.3 Å². The number of aromatic amines is 1. The van der Waals surface area contributed by atoms with Crippen LogP contribution in [0.1, 0.15) is 0 Å². The molecule has 0 aliphatic rings. The molecule has 0 aliphatic carbocycles. The lowest BCUT2D eigenvalue weighted by atomic mass is 10.3. The molecule has 0 aliphatic heterocycles. The lowest BCUT2D eigenvalue weighted by Crippen LogP contribution is -2.31. The number of aliphatic hydroxyl groups excluding tert-OH is 1. The van der Waals surface area contributed by atoms with Gasteiger partial charge in [-0.2, -0.15) is 0 Å². The van der Waals surface area contributed by atoms with Crippen molar-refractivity contribution in [3.63, 3.8) is 0 Å². The lowest BCUT2D eigenvalue weighted by molar-refractivity contribution is -0.384. The number of rotatable bonds is 7. The van der Waals surface area contributed by atoms with Crippen molar-refractivity contribution in [2.45, 2.75) is 0 Å². The number of hydrogen-bond acceptors (Lipinski definition) is 6. The van der Waals surface area contributed by atoms with Crippen LogP contribution in [0, 0.1) is 10.1 Å². The Morgan fingerprint density at radius 2 is 2.30 bits per heavy atom. The van der Waals surface area contributed by atoms with Gasteiger partial charge < -0.3 is 19.7 Å². The molecule has 0 unspecified atom stereocenters. The van der Waals surface area contributed by atoms with Gasteiger partial charge in [0, 0.05) is 32.3 Å². The van der Waals surface area contributed by atoms with Crippen molar-refractivity contribution >= 4 is 22.7 Å². The number of imidazole rings is 1. The van der Waals surface area contributed by atoms with Crippen LogP contribution < -0.4 is 4.90 Å². The maximum atomic E-state index is 10.7. The summed E-state index contributed by atoms with van der Waals surface area (Å²) in [4.78, 5) is 19.5.